The molecule has 0 bridgehead atoms. The monoisotopic (exact) mass is 454 g/mol. The van der Waals surface area contributed by atoms with Crippen LogP contribution in [0.25, 0.3) is 0 Å². The van der Waals surface area contributed by atoms with E-state index in [2.05, 4.69) is 6.92 Å². The average Bonchev–Trinajstić information content (AvgIpc) is 2.73. The Hall–Kier alpha value is 0.310. The van der Waals surface area contributed by atoms with E-state index in [-0.39, 0.29) is 36.2 Å². The van der Waals surface area contributed by atoms with E-state index in [9.17, 15) is 9.90 Å². The summed E-state index contributed by atoms with van der Waals surface area (Å²) in [6.07, 6.45) is 19.2. The first-order valence-electron chi connectivity index (χ1n) is 12.3. The van der Waals surface area contributed by atoms with Gasteiger partial charge in [-0.1, -0.05) is 90.4 Å². The second kappa shape index (κ2) is 30.3. The van der Waals surface area contributed by atoms with Gasteiger partial charge >= 0.3 is 29.6 Å². The molecule has 0 amide bonds. The van der Waals surface area contributed by atoms with E-state index in [1.165, 1.54) is 83.5 Å². The predicted octanol–water partition coefficient (Wildman–Crippen LogP) is 1.29. The average molecular weight is 455 g/mol. The minimum Gasteiger partial charge on any atom is -0.548 e. The number of hydrogen-bond acceptors (Lipinski definition) is 6. The normalized spacial score (nSPS) is 10.9. The van der Waals surface area contributed by atoms with Gasteiger partial charge in [-0.25, -0.2) is 0 Å². The van der Waals surface area contributed by atoms with E-state index < -0.39 is 12.6 Å². The number of carbonyl (C=O) groups excluding carboxylic acids is 1. The first-order chi connectivity index (χ1) is 14.8. The molecule has 0 aliphatic rings. The van der Waals surface area contributed by atoms with E-state index >= 15 is 0 Å². The topological polar surface area (TPSA) is 77.0 Å². The number of unbranched alkanes of at least 4 members (excludes halogenated alkanes) is 13. The van der Waals surface area contributed by atoms with Crippen LogP contribution in [0.2, 0.25) is 0 Å². The van der Waals surface area contributed by atoms with E-state index in [4.69, 9.17) is 18.9 Å². The number of ether oxygens (including phenoxy) is 4. The molecule has 0 fully saturated rings. The summed E-state index contributed by atoms with van der Waals surface area (Å²) in [6.45, 7) is 5.45. The summed E-state index contributed by atoms with van der Waals surface area (Å²) in [6, 6.07) is 0. The Kier molecular flexibility index (Phi) is 32.7. The van der Waals surface area contributed by atoms with Crippen molar-refractivity contribution in [1.29, 1.82) is 0 Å². The molecule has 0 aliphatic carbocycles. The largest absolute Gasteiger partial charge is 1.00 e. The maximum atomic E-state index is 10.1. The molecular formula is C24H47NaO6. The molecule has 0 radical (unpaired) electrons. The van der Waals surface area contributed by atoms with Crippen LogP contribution in [0, 0.1) is 0 Å². The summed E-state index contributed by atoms with van der Waals surface area (Å²) in [5.74, 6) is -1.22. The van der Waals surface area contributed by atoms with Gasteiger partial charge in [0.1, 0.15) is 0 Å². The van der Waals surface area contributed by atoms with Crippen molar-refractivity contribution in [3.8, 4) is 0 Å². The van der Waals surface area contributed by atoms with Gasteiger partial charge in [0.15, 0.2) is 0 Å². The smallest absolute Gasteiger partial charge is 0.548 e. The molecule has 6 nitrogen and oxygen atoms in total. The van der Waals surface area contributed by atoms with Gasteiger partial charge in [-0.2, -0.15) is 0 Å². The number of aliphatic carboxylic acids is 1. The van der Waals surface area contributed by atoms with E-state index in [1.54, 1.807) is 0 Å². The fourth-order valence-electron chi connectivity index (χ4n) is 3.21. The van der Waals surface area contributed by atoms with Crippen LogP contribution in [-0.2, 0) is 23.7 Å². The van der Waals surface area contributed by atoms with Crippen molar-refractivity contribution >= 4 is 5.97 Å². The molecule has 0 saturated heterocycles. The Morgan fingerprint density at radius 2 is 0.839 bits per heavy atom. The van der Waals surface area contributed by atoms with Gasteiger partial charge in [0, 0.05) is 6.61 Å². The third-order valence-corrected chi connectivity index (χ3v) is 4.98. The first kappa shape index (κ1) is 33.5. The number of rotatable bonds is 26. The fourth-order valence-corrected chi connectivity index (χ4v) is 3.21. The van der Waals surface area contributed by atoms with Gasteiger partial charge in [0.25, 0.3) is 0 Å². The molecule has 0 aromatic heterocycles. The summed E-state index contributed by atoms with van der Waals surface area (Å²) in [5, 5.41) is 10.1. The molecular weight excluding hydrogens is 407 g/mol. The summed E-state index contributed by atoms with van der Waals surface area (Å²) in [5.41, 5.74) is 0. The Labute approximate surface area is 213 Å². The van der Waals surface area contributed by atoms with Crippen LogP contribution < -0.4 is 34.7 Å². The second-order valence-electron chi connectivity index (χ2n) is 7.86. The van der Waals surface area contributed by atoms with Crippen molar-refractivity contribution in [2.45, 2.75) is 96.8 Å². The maximum Gasteiger partial charge on any atom is 1.00 e. The molecule has 0 aromatic carbocycles. The quantitative estimate of drug-likeness (QED) is 0.145. The number of carboxylic acids is 1. The van der Waals surface area contributed by atoms with E-state index in [0.29, 0.717) is 33.0 Å². The van der Waals surface area contributed by atoms with Gasteiger partial charge in [0.2, 0.25) is 0 Å². The van der Waals surface area contributed by atoms with Crippen molar-refractivity contribution in [1.82, 2.24) is 0 Å². The van der Waals surface area contributed by atoms with Crippen molar-refractivity contribution < 1.29 is 58.4 Å². The predicted molar refractivity (Wildman–Crippen MR) is 119 cm³/mol. The van der Waals surface area contributed by atoms with Crippen LogP contribution >= 0.6 is 0 Å². The minimum atomic E-state index is -1.22. The Morgan fingerprint density at radius 1 is 0.516 bits per heavy atom. The second-order valence-corrected chi connectivity index (χ2v) is 7.86. The fraction of sp³-hybridized carbons (Fsp3) is 0.958. The van der Waals surface area contributed by atoms with Crippen LogP contribution in [0.1, 0.15) is 96.8 Å². The molecule has 0 spiro atoms. The van der Waals surface area contributed by atoms with Crippen LogP contribution in [0.3, 0.4) is 0 Å². The van der Waals surface area contributed by atoms with Crippen molar-refractivity contribution in [2.75, 3.05) is 52.9 Å². The molecule has 180 valence electrons. The number of hydrogen-bond donors (Lipinski definition) is 0. The summed E-state index contributed by atoms with van der Waals surface area (Å²) < 4.78 is 21.0. The van der Waals surface area contributed by atoms with E-state index in [1.807, 2.05) is 0 Å². The molecule has 0 unspecified atom stereocenters. The zero-order valence-electron chi connectivity index (χ0n) is 20.5. The molecule has 0 aliphatic heterocycles. The van der Waals surface area contributed by atoms with Gasteiger partial charge in [-0.3, -0.25) is 0 Å². The molecule has 0 rings (SSSR count). The van der Waals surface area contributed by atoms with Gasteiger partial charge in [-0.15, -0.1) is 0 Å². The van der Waals surface area contributed by atoms with Crippen LogP contribution in [0.15, 0.2) is 0 Å². The molecule has 0 N–H and O–H groups in total. The minimum absolute atomic E-state index is 0. The maximum absolute atomic E-state index is 10.1. The van der Waals surface area contributed by atoms with Gasteiger partial charge < -0.3 is 28.8 Å². The summed E-state index contributed by atoms with van der Waals surface area (Å²) >= 11 is 0. The number of carboxylic acid groups (broad SMARTS) is 1. The molecule has 31 heavy (non-hydrogen) atoms. The first-order valence-corrected chi connectivity index (χ1v) is 12.3. The molecule has 0 saturated carbocycles. The standard InChI is InChI=1S/C24H48O6.Na/c1-2-3-4-5-6-7-8-9-10-11-12-13-14-15-16-27-17-18-28-19-20-29-21-22-30-23-24(25)26;/h2-23H2,1H3,(H,25,26);/q;+1/p-1. The van der Waals surface area contributed by atoms with Crippen molar-refractivity contribution in [3.05, 3.63) is 0 Å². The Bertz CT molecular complexity index is 344. The van der Waals surface area contributed by atoms with Crippen LogP contribution in [0.5, 0.6) is 0 Å². The third kappa shape index (κ3) is 32.6. The van der Waals surface area contributed by atoms with Crippen molar-refractivity contribution in [2.24, 2.45) is 0 Å². The molecule has 0 aromatic rings. The Balaban J connectivity index is 0. The van der Waals surface area contributed by atoms with E-state index in [0.717, 1.165) is 13.0 Å². The van der Waals surface area contributed by atoms with Crippen LogP contribution in [0.4, 0.5) is 0 Å². The summed E-state index contributed by atoms with van der Waals surface area (Å²) in [7, 11) is 0. The molecule has 0 atom stereocenters. The summed E-state index contributed by atoms with van der Waals surface area (Å²) in [4.78, 5) is 10.1. The number of carbonyl (C=O) groups is 1. The zero-order valence-corrected chi connectivity index (χ0v) is 22.5. The molecule has 7 heteroatoms. The van der Waals surface area contributed by atoms with Crippen LogP contribution in [-0.4, -0.2) is 58.8 Å². The molecule has 0 heterocycles. The zero-order chi connectivity index (χ0) is 22.0. The van der Waals surface area contributed by atoms with Gasteiger partial charge in [0.05, 0.1) is 52.2 Å². The Morgan fingerprint density at radius 3 is 1.23 bits per heavy atom. The third-order valence-electron chi connectivity index (χ3n) is 4.98. The SMILES string of the molecule is CCCCCCCCCCCCCCCCOCCOCCOCCOCC(=O)[O-].[Na+]. The van der Waals surface area contributed by atoms with Gasteiger partial charge in [-0.05, 0) is 6.42 Å². The van der Waals surface area contributed by atoms with Crippen molar-refractivity contribution in [3.63, 3.8) is 0 Å².